The highest BCUT2D eigenvalue weighted by Gasteiger charge is 2.39. The zero-order valence-corrected chi connectivity index (χ0v) is 11.4. The molecule has 1 unspecified atom stereocenters. The van der Waals surface area contributed by atoms with Crippen LogP contribution in [0.5, 0.6) is 0 Å². The van der Waals surface area contributed by atoms with Gasteiger partial charge in [0.05, 0.1) is 5.92 Å². The molecule has 0 aliphatic carbocycles. The topological polar surface area (TPSA) is 52.6 Å². The Bertz CT molecular complexity index is 282. The molecule has 2 saturated heterocycles. The first kappa shape index (κ1) is 13.9. The van der Waals surface area contributed by atoms with Gasteiger partial charge in [-0.15, -0.1) is 0 Å². The van der Waals surface area contributed by atoms with Gasteiger partial charge in [0.25, 0.3) is 0 Å². The fourth-order valence-corrected chi connectivity index (χ4v) is 3.39. The summed E-state index contributed by atoms with van der Waals surface area (Å²) in [5, 5.41) is 12.8. The number of hydrogen-bond donors (Lipinski definition) is 2. The van der Waals surface area contributed by atoms with Gasteiger partial charge in [-0.2, -0.15) is 0 Å². The molecular weight excluding hydrogens is 227 g/mol. The van der Waals surface area contributed by atoms with Crippen molar-refractivity contribution >= 4 is 13.8 Å². The van der Waals surface area contributed by atoms with Crippen LogP contribution in [0.15, 0.2) is 0 Å². The minimum Gasteiger partial charge on any atom is -0.481 e. The van der Waals surface area contributed by atoms with Gasteiger partial charge in [0.1, 0.15) is 7.85 Å². The number of carboxylic acids is 1. The van der Waals surface area contributed by atoms with E-state index in [0.717, 1.165) is 45.3 Å². The molecular formula is C13H25BN2O2. The lowest BCUT2D eigenvalue weighted by Gasteiger charge is -2.31. The minimum atomic E-state index is -0.595. The van der Waals surface area contributed by atoms with Crippen molar-refractivity contribution < 1.29 is 9.90 Å². The Morgan fingerprint density at radius 2 is 2.28 bits per heavy atom. The van der Waals surface area contributed by atoms with E-state index in [2.05, 4.69) is 18.1 Å². The number of nitrogens with zero attached hydrogens (tertiary/aromatic N) is 1. The maximum absolute atomic E-state index is 11.4. The van der Waals surface area contributed by atoms with E-state index in [1.54, 1.807) is 0 Å². The molecule has 18 heavy (non-hydrogen) atoms. The SMILES string of the molecule is BCCC[C@H]1CN(C2CCCNC2)C[C@H]1C(=O)O. The number of carboxylic acid groups (broad SMARTS) is 1. The standard InChI is InChI=1S/C13H25BN2O2/c14-5-1-3-10-8-16(9-12(10)13(17)18)11-4-2-6-15-7-11/h10-12,15H,1-9,14H2,(H,17,18)/t10-,11?,12+/m0/s1. The van der Waals surface area contributed by atoms with E-state index in [9.17, 15) is 9.90 Å². The van der Waals surface area contributed by atoms with Crippen LogP contribution in [0.2, 0.25) is 6.32 Å². The second-order valence-electron chi connectivity index (χ2n) is 5.80. The first-order chi connectivity index (χ1) is 8.72. The Morgan fingerprint density at radius 3 is 2.89 bits per heavy atom. The summed E-state index contributed by atoms with van der Waals surface area (Å²) in [6.07, 6.45) is 5.83. The Labute approximate surface area is 111 Å². The molecule has 0 amide bonds. The largest absolute Gasteiger partial charge is 0.481 e. The van der Waals surface area contributed by atoms with Crippen LogP contribution in [-0.4, -0.2) is 56.0 Å². The predicted octanol–water partition coefficient (Wildman–Crippen LogP) is 0.203. The minimum absolute atomic E-state index is 0.140. The zero-order chi connectivity index (χ0) is 13.0. The van der Waals surface area contributed by atoms with Crippen LogP contribution in [-0.2, 0) is 4.79 Å². The molecule has 0 aromatic rings. The third-order valence-corrected chi connectivity index (χ3v) is 4.50. The third-order valence-electron chi connectivity index (χ3n) is 4.50. The summed E-state index contributed by atoms with van der Waals surface area (Å²) in [7, 11) is 2.17. The second kappa shape index (κ2) is 6.57. The quantitative estimate of drug-likeness (QED) is 0.686. The van der Waals surface area contributed by atoms with Gasteiger partial charge in [-0.3, -0.25) is 9.69 Å². The monoisotopic (exact) mass is 252 g/mol. The maximum Gasteiger partial charge on any atom is 0.308 e. The van der Waals surface area contributed by atoms with Gasteiger partial charge < -0.3 is 10.4 Å². The highest BCUT2D eigenvalue weighted by molar-refractivity contribution is 6.08. The molecule has 0 bridgehead atoms. The van der Waals surface area contributed by atoms with Gasteiger partial charge in [-0.05, 0) is 31.7 Å². The van der Waals surface area contributed by atoms with Gasteiger partial charge in [-0.1, -0.05) is 12.7 Å². The Kier molecular flexibility index (Phi) is 5.07. The van der Waals surface area contributed by atoms with Crippen LogP contribution < -0.4 is 5.32 Å². The van der Waals surface area contributed by atoms with Crippen molar-refractivity contribution in [3.05, 3.63) is 0 Å². The van der Waals surface area contributed by atoms with Crippen LogP contribution in [0, 0.1) is 11.8 Å². The van der Waals surface area contributed by atoms with Crippen molar-refractivity contribution in [1.82, 2.24) is 10.2 Å². The summed E-state index contributed by atoms with van der Waals surface area (Å²) in [4.78, 5) is 13.8. The number of aliphatic carboxylic acids is 1. The average molecular weight is 252 g/mol. The van der Waals surface area contributed by atoms with Crippen LogP contribution >= 0.6 is 0 Å². The average Bonchev–Trinajstić information content (AvgIpc) is 2.81. The van der Waals surface area contributed by atoms with Gasteiger partial charge in [-0.25, -0.2) is 0 Å². The molecule has 0 spiro atoms. The van der Waals surface area contributed by atoms with E-state index < -0.39 is 5.97 Å². The van der Waals surface area contributed by atoms with Gasteiger partial charge in [0.2, 0.25) is 0 Å². The first-order valence-corrected chi connectivity index (χ1v) is 7.40. The lowest BCUT2D eigenvalue weighted by Crippen LogP contribution is -2.45. The molecule has 0 saturated carbocycles. The van der Waals surface area contributed by atoms with Crippen molar-refractivity contribution in [2.75, 3.05) is 26.2 Å². The summed E-state index contributed by atoms with van der Waals surface area (Å²) in [6, 6.07) is 0.562. The fraction of sp³-hybridized carbons (Fsp3) is 0.923. The van der Waals surface area contributed by atoms with Crippen LogP contribution in [0.1, 0.15) is 25.7 Å². The van der Waals surface area contributed by atoms with Crippen molar-refractivity contribution in [3.63, 3.8) is 0 Å². The summed E-state index contributed by atoms with van der Waals surface area (Å²) < 4.78 is 0. The van der Waals surface area contributed by atoms with E-state index in [4.69, 9.17) is 0 Å². The van der Waals surface area contributed by atoms with E-state index in [1.807, 2.05) is 0 Å². The molecule has 102 valence electrons. The van der Waals surface area contributed by atoms with Crippen LogP contribution in [0.3, 0.4) is 0 Å². The highest BCUT2D eigenvalue weighted by Crippen LogP contribution is 2.30. The molecule has 3 atom stereocenters. The Balaban J connectivity index is 1.92. The van der Waals surface area contributed by atoms with Gasteiger partial charge in [0, 0.05) is 25.7 Å². The number of carbonyl (C=O) groups is 1. The molecule has 0 aromatic carbocycles. The number of rotatable bonds is 5. The molecule has 0 radical (unpaired) electrons. The highest BCUT2D eigenvalue weighted by atomic mass is 16.4. The maximum atomic E-state index is 11.4. The lowest BCUT2D eigenvalue weighted by atomic mass is 9.88. The molecule has 0 aromatic heterocycles. The molecule has 2 aliphatic heterocycles. The number of hydrogen-bond acceptors (Lipinski definition) is 3. The lowest BCUT2D eigenvalue weighted by molar-refractivity contribution is -0.142. The second-order valence-corrected chi connectivity index (χ2v) is 5.80. The van der Waals surface area contributed by atoms with E-state index in [0.29, 0.717) is 12.0 Å². The van der Waals surface area contributed by atoms with E-state index in [1.165, 1.54) is 12.8 Å². The van der Waals surface area contributed by atoms with Crippen LogP contribution in [0.4, 0.5) is 0 Å². The normalized spacial score (nSPS) is 33.7. The van der Waals surface area contributed by atoms with E-state index >= 15 is 0 Å². The molecule has 5 heteroatoms. The Hall–Kier alpha value is -0.545. The molecule has 2 rings (SSSR count). The van der Waals surface area contributed by atoms with Crippen molar-refractivity contribution in [1.29, 1.82) is 0 Å². The van der Waals surface area contributed by atoms with Crippen molar-refractivity contribution in [2.45, 2.75) is 38.0 Å². The molecule has 2 aliphatic rings. The molecule has 2 fully saturated rings. The van der Waals surface area contributed by atoms with Gasteiger partial charge >= 0.3 is 5.97 Å². The van der Waals surface area contributed by atoms with E-state index in [-0.39, 0.29) is 5.92 Å². The molecule has 2 heterocycles. The third kappa shape index (κ3) is 3.26. The molecule has 2 N–H and O–H groups in total. The molecule has 4 nitrogen and oxygen atoms in total. The summed E-state index contributed by atoms with van der Waals surface area (Å²) >= 11 is 0. The predicted molar refractivity (Wildman–Crippen MR) is 74.7 cm³/mol. The van der Waals surface area contributed by atoms with Gasteiger partial charge in [0.15, 0.2) is 0 Å². The zero-order valence-electron chi connectivity index (χ0n) is 11.4. The number of nitrogens with one attached hydrogen (secondary N) is 1. The van der Waals surface area contributed by atoms with Crippen molar-refractivity contribution in [3.8, 4) is 0 Å². The van der Waals surface area contributed by atoms with Crippen LogP contribution in [0.25, 0.3) is 0 Å². The number of piperidine rings is 1. The summed E-state index contributed by atoms with van der Waals surface area (Å²) in [5.74, 6) is -0.370. The Morgan fingerprint density at radius 1 is 1.44 bits per heavy atom. The van der Waals surface area contributed by atoms with Crippen molar-refractivity contribution in [2.24, 2.45) is 11.8 Å². The fourth-order valence-electron chi connectivity index (χ4n) is 3.39. The summed E-state index contributed by atoms with van der Waals surface area (Å²) in [6.45, 7) is 3.90. The summed E-state index contributed by atoms with van der Waals surface area (Å²) in [5.41, 5.74) is 0. The first-order valence-electron chi connectivity index (χ1n) is 7.40. The number of likely N-dealkylation sites (tertiary alicyclic amines) is 1. The smallest absolute Gasteiger partial charge is 0.308 e.